The summed E-state index contributed by atoms with van der Waals surface area (Å²) in [5.74, 6) is 0.542. The van der Waals surface area contributed by atoms with E-state index in [0.29, 0.717) is 16.5 Å². The van der Waals surface area contributed by atoms with Crippen molar-refractivity contribution in [2.75, 3.05) is 11.9 Å². The van der Waals surface area contributed by atoms with Crippen molar-refractivity contribution in [3.63, 3.8) is 0 Å². The van der Waals surface area contributed by atoms with Crippen LogP contribution in [0.2, 0.25) is 0 Å². The second-order valence-electron chi connectivity index (χ2n) is 5.46. The van der Waals surface area contributed by atoms with E-state index in [0.717, 1.165) is 31.1 Å². The molecular formula is C15H22N4OS. The third-order valence-corrected chi connectivity index (χ3v) is 4.00. The summed E-state index contributed by atoms with van der Waals surface area (Å²) in [6, 6.07) is 3.71. The summed E-state index contributed by atoms with van der Waals surface area (Å²) in [4.78, 5) is 12.4. The van der Waals surface area contributed by atoms with Crippen LogP contribution in [0.3, 0.4) is 0 Å². The van der Waals surface area contributed by atoms with E-state index >= 15 is 0 Å². The summed E-state index contributed by atoms with van der Waals surface area (Å²) in [7, 11) is 0. The highest BCUT2D eigenvalue weighted by Crippen LogP contribution is 2.23. The van der Waals surface area contributed by atoms with Crippen molar-refractivity contribution in [2.24, 2.45) is 5.92 Å². The third-order valence-electron chi connectivity index (χ3n) is 3.09. The van der Waals surface area contributed by atoms with Crippen molar-refractivity contribution in [3.8, 4) is 10.6 Å². The molecule has 5 nitrogen and oxygen atoms in total. The molecule has 2 aromatic rings. The maximum atomic E-state index is 12.4. The summed E-state index contributed by atoms with van der Waals surface area (Å²) in [6.45, 7) is 7.99. The molecule has 0 aliphatic carbocycles. The Morgan fingerprint density at radius 1 is 1.38 bits per heavy atom. The van der Waals surface area contributed by atoms with E-state index in [1.165, 1.54) is 11.3 Å². The molecule has 0 aliphatic rings. The molecule has 0 bridgehead atoms. The van der Waals surface area contributed by atoms with E-state index in [4.69, 9.17) is 0 Å². The number of aromatic nitrogens is 3. The number of anilines is 1. The van der Waals surface area contributed by atoms with E-state index in [2.05, 4.69) is 36.3 Å². The molecule has 6 heteroatoms. The van der Waals surface area contributed by atoms with Gasteiger partial charge in [0.2, 0.25) is 5.13 Å². The molecule has 0 radical (unpaired) electrons. The molecule has 0 aromatic carbocycles. The maximum absolute atomic E-state index is 12.4. The van der Waals surface area contributed by atoms with Crippen LogP contribution in [-0.4, -0.2) is 21.3 Å². The van der Waals surface area contributed by atoms with Crippen molar-refractivity contribution in [3.05, 3.63) is 28.7 Å². The first kappa shape index (κ1) is 15.7. The molecule has 1 N–H and O–H groups in total. The Morgan fingerprint density at radius 2 is 2.19 bits per heavy atom. The number of unbranched alkanes of at least 4 members (excludes halogenated alkanes) is 1. The van der Waals surface area contributed by atoms with Gasteiger partial charge in [0, 0.05) is 19.3 Å². The Labute approximate surface area is 129 Å². The maximum Gasteiger partial charge on any atom is 0.260 e. The predicted molar refractivity (Wildman–Crippen MR) is 87.8 cm³/mol. The lowest BCUT2D eigenvalue weighted by Crippen LogP contribution is -2.20. The van der Waals surface area contributed by atoms with Crippen LogP contribution in [0, 0.1) is 5.92 Å². The smallest absolute Gasteiger partial charge is 0.260 e. The minimum absolute atomic E-state index is 0.0116. The van der Waals surface area contributed by atoms with Gasteiger partial charge in [-0.25, -0.2) is 0 Å². The quantitative estimate of drug-likeness (QED) is 0.853. The van der Waals surface area contributed by atoms with E-state index in [-0.39, 0.29) is 5.56 Å². The van der Waals surface area contributed by atoms with Crippen molar-refractivity contribution < 1.29 is 0 Å². The van der Waals surface area contributed by atoms with Gasteiger partial charge in [0.25, 0.3) is 5.56 Å². The van der Waals surface area contributed by atoms with Crippen molar-refractivity contribution in [1.29, 1.82) is 0 Å². The first-order chi connectivity index (χ1) is 10.1. The zero-order chi connectivity index (χ0) is 15.2. The minimum atomic E-state index is 0.0116. The van der Waals surface area contributed by atoms with Gasteiger partial charge < -0.3 is 9.88 Å². The lowest BCUT2D eigenvalue weighted by Gasteiger charge is -2.05. The van der Waals surface area contributed by atoms with E-state index in [1.54, 1.807) is 4.57 Å². The molecular weight excluding hydrogens is 284 g/mol. The average molecular weight is 306 g/mol. The summed E-state index contributed by atoms with van der Waals surface area (Å²) < 4.78 is 1.75. The molecule has 0 atom stereocenters. The number of hydrogen-bond acceptors (Lipinski definition) is 5. The average Bonchev–Trinajstić information content (AvgIpc) is 2.93. The summed E-state index contributed by atoms with van der Waals surface area (Å²) >= 11 is 1.43. The summed E-state index contributed by atoms with van der Waals surface area (Å²) in [5, 5.41) is 12.9. The van der Waals surface area contributed by atoms with Crippen LogP contribution in [0.1, 0.15) is 33.6 Å². The van der Waals surface area contributed by atoms with Crippen LogP contribution < -0.4 is 10.9 Å². The molecule has 21 heavy (non-hydrogen) atoms. The minimum Gasteiger partial charge on any atom is -0.360 e. The number of hydrogen-bond donors (Lipinski definition) is 1. The van der Waals surface area contributed by atoms with E-state index in [1.807, 2.05) is 18.3 Å². The molecule has 0 unspecified atom stereocenters. The van der Waals surface area contributed by atoms with Crippen LogP contribution in [0.5, 0.6) is 0 Å². The van der Waals surface area contributed by atoms with Gasteiger partial charge in [-0.15, -0.1) is 10.2 Å². The Hall–Kier alpha value is -1.69. The third kappa shape index (κ3) is 4.14. The van der Waals surface area contributed by atoms with Gasteiger partial charge in [-0.1, -0.05) is 38.5 Å². The van der Waals surface area contributed by atoms with Gasteiger partial charge >= 0.3 is 0 Å². The fourth-order valence-corrected chi connectivity index (χ4v) is 2.67. The standard InChI is InChI=1S/C15H22N4OS/c1-4-5-8-19-9-6-7-12(14(19)20)13-17-18-15(21-13)16-10-11(2)3/h6-7,9,11H,4-5,8,10H2,1-3H3,(H,16,18). The van der Waals surface area contributed by atoms with Gasteiger partial charge in [-0.05, 0) is 24.5 Å². The molecule has 0 saturated heterocycles. The molecule has 0 fully saturated rings. The molecule has 0 saturated carbocycles. The van der Waals surface area contributed by atoms with Gasteiger partial charge in [0.1, 0.15) is 0 Å². The molecule has 2 rings (SSSR count). The van der Waals surface area contributed by atoms with Crippen LogP contribution in [-0.2, 0) is 6.54 Å². The van der Waals surface area contributed by atoms with E-state index in [9.17, 15) is 4.79 Å². The molecule has 114 valence electrons. The lowest BCUT2D eigenvalue weighted by molar-refractivity contribution is 0.614. The lowest BCUT2D eigenvalue weighted by atomic mass is 10.2. The number of pyridine rings is 1. The Morgan fingerprint density at radius 3 is 2.90 bits per heavy atom. The molecule has 2 aromatic heterocycles. The fraction of sp³-hybridized carbons (Fsp3) is 0.533. The van der Waals surface area contributed by atoms with Crippen molar-refractivity contribution >= 4 is 16.5 Å². The zero-order valence-electron chi connectivity index (χ0n) is 12.8. The van der Waals surface area contributed by atoms with E-state index < -0.39 is 0 Å². The SMILES string of the molecule is CCCCn1cccc(-c2nnc(NCC(C)C)s2)c1=O. The largest absolute Gasteiger partial charge is 0.360 e. The highest BCUT2D eigenvalue weighted by Gasteiger charge is 2.11. The second-order valence-corrected chi connectivity index (χ2v) is 6.44. The molecule has 0 amide bonds. The van der Waals surface area contributed by atoms with Crippen molar-refractivity contribution in [1.82, 2.24) is 14.8 Å². The predicted octanol–water partition coefficient (Wildman–Crippen LogP) is 3.23. The second kappa shape index (κ2) is 7.36. The normalized spacial score (nSPS) is 11.0. The molecule has 0 spiro atoms. The Bertz CT molecular complexity index is 633. The van der Waals surface area contributed by atoms with Crippen LogP contribution >= 0.6 is 11.3 Å². The summed E-state index contributed by atoms with van der Waals surface area (Å²) in [6.07, 6.45) is 3.90. The highest BCUT2D eigenvalue weighted by atomic mass is 32.1. The highest BCUT2D eigenvalue weighted by molar-refractivity contribution is 7.18. The zero-order valence-corrected chi connectivity index (χ0v) is 13.6. The van der Waals surface area contributed by atoms with Gasteiger partial charge in [-0.3, -0.25) is 4.79 Å². The fourth-order valence-electron chi connectivity index (χ4n) is 1.90. The monoisotopic (exact) mass is 306 g/mol. The van der Waals surface area contributed by atoms with Gasteiger partial charge in [0.15, 0.2) is 5.01 Å². The number of aryl methyl sites for hydroxylation is 1. The number of rotatable bonds is 7. The van der Waals surface area contributed by atoms with Gasteiger partial charge in [0.05, 0.1) is 5.56 Å². The molecule has 0 aliphatic heterocycles. The number of nitrogens with one attached hydrogen (secondary N) is 1. The number of nitrogens with zero attached hydrogens (tertiary/aromatic N) is 3. The first-order valence-corrected chi connectivity index (χ1v) is 8.20. The Kier molecular flexibility index (Phi) is 5.50. The first-order valence-electron chi connectivity index (χ1n) is 7.39. The topological polar surface area (TPSA) is 59.8 Å². The van der Waals surface area contributed by atoms with Crippen LogP contribution in [0.15, 0.2) is 23.1 Å². The van der Waals surface area contributed by atoms with Crippen molar-refractivity contribution in [2.45, 2.75) is 40.2 Å². The van der Waals surface area contributed by atoms with Crippen LogP contribution in [0.4, 0.5) is 5.13 Å². The van der Waals surface area contributed by atoms with Crippen LogP contribution in [0.25, 0.3) is 10.6 Å². The molecule has 2 heterocycles. The Balaban J connectivity index is 2.20. The van der Waals surface area contributed by atoms with Gasteiger partial charge in [-0.2, -0.15) is 0 Å². The summed E-state index contributed by atoms with van der Waals surface area (Å²) in [5.41, 5.74) is 0.640.